The van der Waals surface area contributed by atoms with E-state index < -0.39 is 35.8 Å². The van der Waals surface area contributed by atoms with Gasteiger partial charge in [0.1, 0.15) is 0 Å². The number of rotatable bonds is 8. The summed E-state index contributed by atoms with van der Waals surface area (Å²) in [6.45, 7) is 0. The zero-order chi connectivity index (χ0) is 23.0. The van der Waals surface area contributed by atoms with Crippen LogP contribution < -0.4 is 4.90 Å². The first kappa shape index (κ1) is 24.2. The molecule has 1 saturated carbocycles. The molecule has 2 rings (SSSR count). The van der Waals surface area contributed by atoms with Gasteiger partial charge in [0.05, 0.1) is 28.4 Å². The van der Waals surface area contributed by atoms with Crippen molar-refractivity contribution < 1.29 is 38.1 Å². The van der Waals surface area contributed by atoms with Crippen LogP contribution >= 0.6 is 0 Å². The monoisotopic (exact) mass is 435 g/mol. The standard InChI is InChI=1S/C22H29NO8/c1-28-19(24)17(20(25)29-2)14-10-12-16(13-11-14)23(15-8-6-5-7-9-15)18(21(26)30-3)22(27)31-4/h10-13,15,17-18H,5-9H2,1-4H3. The van der Waals surface area contributed by atoms with Gasteiger partial charge in [-0.05, 0) is 30.5 Å². The van der Waals surface area contributed by atoms with Crippen molar-refractivity contribution in [2.75, 3.05) is 33.3 Å². The summed E-state index contributed by atoms with van der Waals surface area (Å²) in [5.74, 6) is -4.16. The average molecular weight is 435 g/mol. The second-order valence-electron chi connectivity index (χ2n) is 7.22. The molecule has 0 N–H and O–H groups in total. The molecule has 9 heteroatoms. The maximum absolute atomic E-state index is 12.5. The van der Waals surface area contributed by atoms with Gasteiger partial charge in [-0.15, -0.1) is 0 Å². The van der Waals surface area contributed by atoms with Crippen molar-refractivity contribution in [1.29, 1.82) is 0 Å². The lowest BCUT2D eigenvalue weighted by atomic mass is 9.92. The van der Waals surface area contributed by atoms with Gasteiger partial charge >= 0.3 is 23.9 Å². The van der Waals surface area contributed by atoms with E-state index in [-0.39, 0.29) is 6.04 Å². The van der Waals surface area contributed by atoms with Gasteiger partial charge in [0, 0.05) is 11.7 Å². The van der Waals surface area contributed by atoms with Crippen LogP contribution in [0.5, 0.6) is 0 Å². The molecule has 9 nitrogen and oxygen atoms in total. The van der Waals surface area contributed by atoms with Gasteiger partial charge < -0.3 is 23.8 Å². The zero-order valence-electron chi connectivity index (χ0n) is 18.3. The molecular weight excluding hydrogens is 406 g/mol. The fourth-order valence-corrected chi connectivity index (χ4v) is 3.92. The van der Waals surface area contributed by atoms with Gasteiger partial charge in [0.15, 0.2) is 5.92 Å². The third-order valence-electron chi connectivity index (χ3n) is 5.49. The quantitative estimate of drug-likeness (QED) is 0.344. The molecule has 0 saturated heterocycles. The van der Waals surface area contributed by atoms with Crippen molar-refractivity contribution >= 4 is 29.6 Å². The van der Waals surface area contributed by atoms with Crippen LogP contribution in [0.1, 0.15) is 43.6 Å². The number of ether oxygens (including phenoxy) is 4. The summed E-state index contributed by atoms with van der Waals surface area (Å²) in [5.41, 5.74) is 0.948. The first-order valence-corrected chi connectivity index (χ1v) is 10.1. The van der Waals surface area contributed by atoms with Crippen LogP contribution in [0.25, 0.3) is 0 Å². The Morgan fingerprint density at radius 1 is 0.742 bits per heavy atom. The van der Waals surface area contributed by atoms with Crippen molar-refractivity contribution in [2.45, 2.75) is 50.1 Å². The summed E-state index contributed by atoms with van der Waals surface area (Å²) in [5, 5.41) is 0. The third kappa shape index (κ3) is 5.53. The van der Waals surface area contributed by atoms with E-state index in [2.05, 4.69) is 0 Å². The number of hydrogen-bond acceptors (Lipinski definition) is 9. The highest BCUT2D eigenvalue weighted by atomic mass is 16.6. The van der Waals surface area contributed by atoms with Gasteiger partial charge in [-0.25, -0.2) is 9.59 Å². The van der Waals surface area contributed by atoms with Crippen molar-refractivity contribution in [3.8, 4) is 0 Å². The zero-order valence-corrected chi connectivity index (χ0v) is 18.3. The maximum Gasteiger partial charge on any atom is 0.340 e. The summed E-state index contributed by atoms with van der Waals surface area (Å²) < 4.78 is 19.2. The van der Waals surface area contributed by atoms with E-state index >= 15 is 0 Å². The predicted octanol–water partition coefficient (Wildman–Crippen LogP) is 1.97. The maximum atomic E-state index is 12.5. The van der Waals surface area contributed by atoms with Crippen LogP contribution in [0.15, 0.2) is 24.3 Å². The van der Waals surface area contributed by atoms with E-state index in [9.17, 15) is 19.2 Å². The molecule has 1 aromatic carbocycles. The fourth-order valence-electron chi connectivity index (χ4n) is 3.92. The van der Waals surface area contributed by atoms with Crippen molar-refractivity contribution in [1.82, 2.24) is 0 Å². The summed E-state index contributed by atoms with van der Waals surface area (Å²) in [7, 11) is 4.82. The molecule has 0 amide bonds. The highest BCUT2D eigenvalue weighted by Gasteiger charge is 2.40. The lowest BCUT2D eigenvalue weighted by Gasteiger charge is -2.39. The van der Waals surface area contributed by atoms with E-state index in [4.69, 9.17) is 18.9 Å². The largest absolute Gasteiger partial charge is 0.468 e. The molecule has 0 heterocycles. The van der Waals surface area contributed by atoms with Gasteiger partial charge in [-0.2, -0.15) is 0 Å². The number of carbonyl (C=O) groups is 4. The van der Waals surface area contributed by atoms with E-state index in [1.807, 2.05) is 0 Å². The van der Waals surface area contributed by atoms with Crippen LogP contribution in [0.2, 0.25) is 0 Å². The molecule has 0 atom stereocenters. The normalized spacial score (nSPS) is 14.1. The van der Waals surface area contributed by atoms with Crippen molar-refractivity contribution in [3.63, 3.8) is 0 Å². The van der Waals surface area contributed by atoms with Crippen LogP contribution in [-0.2, 0) is 38.1 Å². The molecule has 170 valence electrons. The lowest BCUT2D eigenvalue weighted by molar-refractivity contribution is -0.155. The van der Waals surface area contributed by atoms with E-state index in [0.717, 1.165) is 32.1 Å². The van der Waals surface area contributed by atoms with E-state index in [0.29, 0.717) is 11.3 Å². The number of carbonyl (C=O) groups excluding carboxylic acids is 4. The summed E-state index contributed by atoms with van der Waals surface area (Å²) in [6.07, 6.45) is 4.64. The molecule has 0 aromatic heterocycles. The minimum atomic E-state index is -1.26. The summed E-state index contributed by atoms with van der Waals surface area (Å²) in [4.78, 5) is 50.9. The Hall–Kier alpha value is -3.10. The first-order valence-electron chi connectivity index (χ1n) is 10.1. The number of esters is 4. The second-order valence-corrected chi connectivity index (χ2v) is 7.22. The minimum absolute atomic E-state index is 0.0696. The number of benzene rings is 1. The highest BCUT2D eigenvalue weighted by molar-refractivity contribution is 6.03. The third-order valence-corrected chi connectivity index (χ3v) is 5.49. The molecule has 1 fully saturated rings. The van der Waals surface area contributed by atoms with E-state index in [1.165, 1.54) is 28.4 Å². The molecule has 1 aliphatic carbocycles. The molecule has 1 aliphatic rings. The van der Waals surface area contributed by atoms with Gasteiger partial charge in [-0.1, -0.05) is 31.4 Å². The van der Waals surface area contributed by atoms with E-state index in [1.54, 1.807) is 29.2 Å². The van der Waals surface area contributed by atoms with Crippen molar-refractivity contribution in [3.05, 3.63) is 29.8 Å². The molecule has 0 bridgehead atoms. The van der Waals surface area contributed by atoms with Gasteiger partial charge in [0.2, 0.25) is 6.04 Å². The molecule has 1 aromatic rings. The summed E-state index contributed by atoms with van der Waals surface area (Å²) in [6, 6.07) is 5.13. The fraction of sp³-hybridized carbons (Fsp3) is 0.545. The second kappa shape index (κ2) is 11.3. The van der Waals surface area contributed by atoms with Crippen LogP contribution in [0.4, 0.5) is 5.69 Å². The Morgan fingerprint density at radius 2 is 1.19 bits per heavy atom. The van der Waals surface area contributed by atoms with Gasteiger partial charge in [-0.3, -0.25) is 9.59 Å². The number of hydrogen-bond donors (Lipinski definition) is 0. The molecule has 31 heavy (non-hydrogen) atoms. The molecule has 0 radical (unpaired) electrons. The number of anilines is 1. The van der Waals surface area contributed by atoms with Crippen LogP contribution in [0.3, 0.4) is 0 Å². The number of methoxy groups -OCH3 is 4. The topological polar surface area (TPSA) is 108 Å². The molecule has 0 unspecified atom stereocenters. The molecular formula is C22H29NO8. The smallest absolute Gasteiger partial charge is 0.340 e. The van der Waals surface area contributed by atoms with Crippen LogP contribution in [0, 0.1) is 0 Å². The van der Waals surface area contributed by atoms with Crippen LogP contribution in [-0.4, -0.2) is 64.4 Å². The Labute approximate surface area is 181 Å². The number of nitrogens with zero attached hydrogens (tertiary/aromatic N) is 1. The molecule has 0 spiro atoms. The van der Waals surface area contributed by atoms with Gasteiger partial charge in [0.25, 0.3) is 0 Å². The average Bonchev–Trinajstić information content (AvgIpc) is 2.82. The predicted molar refractivity (Wildman–Crippen MR) is 110 cm³/mol. The Bertz CT molecular complexity index is 753. The van der Waals surface area contributed by atoms with Crippen molar-refractivity contribution in [2.24, 2.45) is 0 Å². The Kier molecular flexibility index (Phi) is 8.84. The molecule has 0 aliphatic heterocycles. The Morgan fingerprint density at radius 3 is 1.61 bits per heavy atom. The summed E-state index contributed by atoms with van der Waals surface area (Å²) >= 11 is 0. The first-order chi connectivity index (χ1) is 14.9. The lowest BCUT2D eigenvalue weighted by Crippen LogP contribution is -2.53. The highest BCUT2D eigenvalue weighted by Crippen LogP contribution is 2.31. The Balaban J connectivity index is 2.48. The SMILES string of the molecule is COC(=O)C(C(=O)OC)c1ccc(N(C2CCCCC2)C(C(=O)OC)C(=O)OC)cc1. The minimum Gasteiger partial charge on any atom is -0.468 e.